The van der Waals surface area contributed by atoms with Crippen LogP contribution in [0.5, 0.6) is 0 Å². The van der Waals surface area contributed by atoms with Crippen LogP contribution in [0.2, 0.25) is 0 Å². The van der Waals surface area contributed by atoms with Crippen LogP contribution in [0, 0.1) is 5.92 Å². The van der Waals surface area contributed by atoms with Crippen LogP contribution in [-0.2, 0) is 28.2 Å². The van der Waals surface area contributed by atoms with Gasteiger partial charge in [-0.05, 0) is 37.5 Å². The molecule has 0 unspecified atom stereocenters. The van der Waals surface area contributed by atoms with Gasteiger partial charge < -0.3 is 20.0 Å². The van der Waals surface area contributed by atoms with E-state index in [4.69, 9.17) is 5.11 Å². The number of hydrogen-bond donors (Lipinski definition) is 2. The first kappa shape index (κ1) is 26.8. The number of carbonyl (C=O) groups is 2. The Labute approximate surface area is 218 Å². The van der Waals surface area contributed by atoms with Crippen LogP contribution in [0.3, 0.4) is 0 Å². The zero-order valence-electron chi connectivity index (χ0n) is 21.6. The molecule has 37 heavy (non-hydrogen) atoms. The van der Waals surface area contributed by atoms with Crippen LogP contribution in [-0.4, -0.2) is 56.7 Å². The Bertz CT molecular complexity index is 1160. The first-order chi connectivity index (χ1) is 17.9. The fourth-order valence-electron chi connectivity index (χ4n) is 5.17. The van der Waals surface area contributed by atoms with Crippen LogP contribution in [0.25, 0.3) is 0 Å². The molecule has 0 bridgehead atoms. The van der Waals surface area contributed by atoms with E-state index in [1.807, 2.05) is 37.3 Å². The third kappa shape index (κ3) is 5.52. The van der Waals surface area contributed by atoms with E-state index in [0.29, 0.717) is 43.6 Å². The molecule has 0 saturated carbocycles. The van der Waals surface area contributed by atoms with E-state index in [-0.39, 0.29) is 25.0 Å². The average molecular weight is 508 g/mol. The number of rotatable bonds is 10. The fourth-order valence-corrected chi connectivity index (χ4v) is 5.17. The van der Waals surface area contributed by atoms with E-state index in [0.717, 1.165) is 37.1 Å². The summed E-state index contributed by atoms with van der Waals surface area (Å²) in [6.45, 7) is 7.15. The number of allylic oxidation sites excluding steroid dienone is 1. The molecule has 9 heteroatoms. The molecule has 1 aromatic heterocycles. The summed E-state index contributed by atoms with van der Waals surface area (Å²) in [6.07, 6.45) is 12.8. The van der Waals surface area contributed by atoms with Gasteiger partial charge in [-0.3, -0.25) is 14.3 Å². The van der Waals surface area contributed by atoms with Gasteiger partial charge in [0.2, 0.25) is 5.91 Å². The molecule has 3 heterocycles. The lowest BCUT2D eigenvalue weighted by Gasteiger charge is -2.29. The van der Waals surface area contributed by atoms with Gasteiger partial charge in [0.25, 0.3) is 5.91 Å². The van der Waals surface area contributed by atoms with Gasteiger partial charge in [-0.2, -0.15) is 0 Å². The van der Waals surface area contributed by atoms with Crippen LogP contribution in [0.15, 0.2) is 49.2 Å². The summed E-state index contributed by atoms with van der Waals surface area (Å²) in [4.78, 5) is 29.8. The third-order valence-corrected chi connectivity index (χ3v) is 7.26. The van der Waals surface area contributed by atoms with Gasteiger partial charge in [0.1, 0.15) is 0 Å². The molecule has 0 aliphatic carbocycles. The van der Waals surface area contributed by atoms with Gasteiger partial charge in [-0.15, -0.1) is 11.7 Å². The van der Waals surface area contributed by atoms with Crippen molar-refractivity contribution in [2.24, 2.45) is 5.92 Å². The average Bonchev–Trinajstić information content (AvgIpc) is 3.41. The van der Waals surface area contributed by atoms with Crippen molar-refractivity contribution in [2.75, 3.05) is 29.5 Å². The second kappa shape index (κ2) is 11.8. The van der Waals surface area contributed by atoms with Crippen molar-refractivity contribution in [3.63, 3.8) is 0 Å². The first-order valence-electron chi connectivity index (χ1n) is 13.2. The van der Waals surface area contributed by atoms with Crippen LogP contribution < -0.4 is 9.80 Å². The predicted octanol–water partition coefficient (Wildman–Crippen LogP) is 3.11. The molecule has 1 fully saturated rings. The van der Waals surface area contributed by atoms with Gasteiger partial charge in [-0.1, -0.05) is 43.2 Å². The van der Waals surface area contributed by atoms with Crippen LogP contribution in [0.4, 0.5) is 11.4 Å². The normalized spacial score (nSPS) is 21.3. The second-order valence-electron chi connectivity index (χ2n) is 9.83. The number of fused-ring (bicyclic) bond motifs is 1. The van der Waals surface area contributed by atoms with Crippen molar-refractivity contribution in [2.45, 2.75) is 64.0 Å². The predicted molar refractivity (Wildman–Crippen MR) is 142 cm³/mol. The number of anilines is 2. The van der Waals surface area contributed by atoms with Crippen molar-refractivity contribution >= 4 is 23.2 Å². The summed E-state index contributed by atoms with van der Waals surface area (Å²) >= 11 is 0. The Kier molecular flexibility index (Phi) is 8.56. The molecule has 9 nitrogen and oxygen atoms in total. The first-order valence-corrected chi connectivity index (χ1v) is 13.2. The van der Waals surface area contributed by atoms with E-state index >= 15 is 0 Å². The number of aromatic nitrogens is 3. The number of carbonyl (C=O) groups excluding carboxylic acids is 2. The number of hydrogen-bond acceptors (Lipinski definition) is 6. The fraction of sp³-hybridized carbons (Fsp3) is 0.500. The highest BCUT2D eigenvalue weighted by atomic mass is 16.3. The van der Waals surface area contributed by atoms with Crippen molar-refractivity contribution in [1.82, 2.24) is 15.0 Å². The maximum absolute atomic E-state index is 13.6. The van der Waals surface area contributed by atoms with E-state index in [1.165, 1.54) is 0 Å². The molecule has 2 N–H and O–H groups in total. The van der Waals surface area contributed by atoms with Gasteiger partial charge in [-0.25, -0.2) is 0 Å². The topological polar surface area (TPSA) is 112 Å². The molecule has 2 amide bonds. The van der Waals surface area contributed by atoms with Gasteiger partial charge >= 0.3 is 0 Å². The monoisotopic (exact) mass is 507 g/mol. The van der Waals surface area contributed by atoms with Gasteiger partial charge in [0, 0.05) is 62.4 Å². The molecular formula is C28H37N5O4. The lowest BCUT2D eigenvalue weighted by atomic mass is 9.82. The number of nitrogens with zero attached hydrogens (tertiary/aromatic N) is 5. The van der Waals surface area contributed by atoms with E-state index < -0.39 is 11.5 Å². The minimum absolute atomic E-state index is 0.0285. The minimum atomic E-state index is -1.75. The highest BCUT2D eigenvalue weighted by molar-refractivity contribution is 6.08. The lowest BCUT2D eigenvalue weighted by molar-refractivity contribution is -0.139. The summed E-state index contributed by atoms with van der Waals surface area (Å²) < 4.78 is 1.71. The summed E-state index contributed by atoms with van der Waals surface area (Å²) in [5.74, 6) is -0.813. The summed E-state index contributed by atoms with van der Waals surface area (Å²) in [6, 6.07) is 5.52. The Balaban J connectivity index is 1.57. The lowest BCUT2D eigenvalue weighted by Crippen LogP contribution is -2.44. The van der Waals surface area contributed by atoms with E-state index in [2.05, 4.69) is 16.9 Å². The van der Waals surface area contributed by atoms with E-state index in [1.54, 1.807) is 26.8 Å². The molecular weight excluding hydrogens is 470 g/mol. The second-order valence-corrected chi connectivity index (χ2v) is 9.83. The number of aryl methyl sites for hydroxylation is 1. The number of aliphatic hydroxyl groups is 2. The highest BCUT2D eigenvalue weighted by Gasteiger charge is 2.52. The number of benzene rings is 1. The molecule has 2 aromatic rings. The Morgan fingerprint density at radius 2 is 2.03 bits per heavy atom. The standard InChI is InChI=1S/C28H37N5O4/c1-3-15-33-25-13-12-23(32-17-8-5-4-6-11-26(32)35)19-24(25)28(37,27(33)36)21(2)10-7-9-16-31-20-22(14-18-34)29-30-31/h3,7,10,12-13,19-21,34,37H,1,4-6,8-9,11,14-18H2,2H3/b10-7+/t21-,28+/m0/s1. The quantitative estimate of drug-likeness (QED) is 0.478. The summed E-state index contributed by atoms with van der Waals surface area (Å²) in [7, 11) is 0. The Morgan fingerprint density at radius 1 is 1.22 bits per heavy atom. The maximum atomic E-state index is 13.6. The summed E-state index contributed by atoms with van der Waals surface area (Å²) in [5, 5.41) is 29.0. The maximum Gasteiger partial charge on any atom is 0.264 e. The molecule has 4 rings (SSSR count). The number of aliphatic hydroxyl groups excluding tert-OH is 1. The molecule has 198 valence electrons. The smallest absolute Gasteiger partial charge is 0.264 e. The molecule has 2 atom stereocenters. The molecule has 2 aliphatic heterocycles. The molecule has 1 saturated heterocycles. The van der Waals surface area contributed by atoms with Crippen LogP contribution in [0.1, 0.15) is 56.7 Å². The number of amides is 2. The largest absolute Gasteiger partial charge is 0.396 e. The highest BCUT2D eigenvalue weighted by Crippen LogP contribution is 2.46. The molecule has 2 aliphatic rings. The Hall–Kier alpha value is -3.30. The zero-order chi connectivity index (χ0) is 26.4. The van der Waals surface area contributed by atoms with Crippen LogP contribution >= 0.6 is 0 Å². The third-order valence-electron chi connectivity index (χ3n) is 7.26. The molecule has 0 spiro atoms. The molecule has 0 radical (unpaired) electrons. The minimum Gasteiger partial charge on any atom is -0.396 e. The molecule has 1 aromatic carbocycles. The van der Waals surface area contributed by atoms with Crippen molar-refractivity contribution < 1.29 is 19.8 Å². The van der Waals surface area contributed by atoms with E-state index in [9.17, 15) is 14.7 Å². The van der Waals surface area contributed by atoms with Crippen molar-refractivity contribution in [3.05, 3.63) is 60.5 Å². The summed E-state index contributed by atoms with van der Waals surface area (Å²) in [5.41, 5.74) is 0.874. The van der Waals surface area contributed by atoms with Crippen molar-refractivity contribution in [1.29, 1.82) is 0 Å². The Morgan fingerprint density at radius 3 is 2.81 bits per heavy atom. The SMILES string of the molecule is C=CCN1C(=O)[C@@](O)([C@@H](C)/C=C/CCn2cc(CCO)nn2)c2cc(N3CCCCCCC3=O)ccc21. The zero-order valence-corrected chi connectivity index (χ0v) is 21.6. The van der Waals surface area contributed by atoms with Gasteiger partial charge in [0.05, 0.1) is 11.4 Å². The van der Waals surface area contributed by atoms with Crippen molar-refractivity contribution in [3.8, 4) is 0 Å². The van der Waals surface area contributed by atoms with Gasteiger partial charge in [0.15, 0.2) is 5.60 Å².